The molecule has 3 aromatic rings. The molecule has 6 heteroatoms. The zero-order valence-electron chi connectivity index (χ0n) is 15.1. The van der Waals surface area contributed by atoms with Gasteiger partial charge in [0.05, 0.1) is 12.7 Å². The van der Waals surface area contributed by atoms with Crippen molar-refractivity contribution in [1.82, 2.24) is 0 Å². The number of rotatable bonds is 1. The number of ether oxygens (including phenoxy) is 3. The Morgan fingerprint density at radius 2 is 1.85 bits per heavy atom. The molecule has 0 amide bonds. The van der Waals surface area contributed by atoms with E-state index in [2.05, 4.69) is 0 Å². The van der Waals surface area contributed by atoms with E-state index in [-0.39, 0.29) is 18.1 Å². The highest BCUT2D eigenvalue weighted by Gasteiger charge is 2.33. The predicted molar refractivity (Wildman–Crippen MR) is 99.6 cm³/mol. The highest BCUT2D eigenvalue weighted by atomic mass is 16.5. The van der Waals surface area contributed by atoms with Gasteiger partial charge in [0.25, 0.3) is 0 Å². The van der Waals surface area contributed by atoms with Gasteiger partial charge in [0.1, 0.15) is 46.4 Å². The molecule has 0 fully saturated rings. The van der Waals surface area contributed by atoms with Crippen molar-refractivity contribution in [2.24, 2.45) is 0 Å². The van der Waals surface area contributed by atoms with Gasteiger partial charge < -0.3 is 28.8 Å². The monoisotopic (exact) mass is 366 g/mol. The SMILES string of the molecule is COc1c2c(cc3c1-c1oc4cc(O)c(O)cc4c1CO3)OC(C)(C)C=C2. The molecule has 0 saturated carbocycles. The van der Waals surface area contributed by atoms with E-state index < -0.39 is 5.60 Å². The van der Waals surface area contributed by atoms with Crippen LogP contribution in [0.5, 0.6) is 28.7 Å². The molecular formula is C21H18O6. The predicted octanol–water partition coefficient (Wildman–Crippen LogP) is 4.60. The number of aromatic hydroxyl groups is 2. The first-order valence-corrected chi connectivity index (χ1v) is 8.62. The molecule has 27 heavy (non-hydrogen) atoms. The van der Waals surface area contributed by atoms with Crippen LogP contribution in [0, 0.1) is 0 Å². The normalized spacial score (nSPS) is 16.1. The van der Waals surface area contributed by atoms with Crippen molar-refractivity contribution in [1.29, 1.82) is 0 Å². The quantitative estimate of drug-likeness (QED) is 0.613. The molecule has 138 valence electrons. The lowest BCUT2D eigenvalue weighted by atomic mass is 9.95. The van der Waals surface area contributed by atoms with E-state index in [0.717, 1.165) is 11.1 Å². The van der Waals surface area contributed by atoms with Gasteiger partial charge in [-0.2, -0.15) is 0 Å². The van der Waals surface area contributed by atoms with Gasteiger partial charge in [0.2, 0.25) is 0 Å². The van der Waals surface area contributed by atoms with Crippen molar-refractivity contribution in [3.63, 3.8) is 0 Å². The van der Waals surface area contributed by atoms with Gasteiger partial charge in [-0.05, 0) is 32.1 Å². The van der Waals surface area contributed by atoms with Crippen LogP contribution < -0.4 is 14.2 Å². The number of methoxy groups -OCH3 is 1. The third kappa shape index (κ3) is 2.19. The second kappa shape index (κ2) is 5.13. The summed E-state index contributed by atoms with van der Waals surface area (Å²) in [5.41, 5.74) is 2.37. The van der Waals surface area contributed by atoms with Gasteiger partial charge in [-0.1, -0.05) is 0 Å². The Labute approximate surface area is 155 Å². The largest absolute Gasteiger partial charge is 0.504 e. The van der Waals surface area contributed by atoms with Crippen molar-refractivity contribution in [2.75, 3.05) is 7.11 Å². The van der Waals surface area contributed by atoms with E-state index in [0.29, 0.717) is 39.5 Å². The molecule has 6 nitrogen and oxygen atoms in total. The molecule has 0 unspecified atom stereocenters. The summed E-state index contributed by atoms with van der Waals surface area (Å²) >= 11 is 0. The molecular weight excluding hydrogens is 348 g/mol. The number of hydrogen-bond acceptors (Lipinski definition) is 6. The van der Waals surface area contributed by atoms with Crippen LogP contribution in [0.4, 0.5) is 0 Å². The fourth-order valence-electron chi connectivity index (χ4n) is 3.68. The number of furan rings is 1. The molecule has 0 atom stereocenters. The van der Waals surface area contributed by atoms with E-state index in [9.17, 15) is 10.2 Å². The number of hydrogen-bond donors (Lipinski definition) is 2. The molecule has 2 aromatic carbocycles. The molecule has 0 spiro atoms. The molecule has 0 aliphatic carbocycles. The number of fused-ring (bicyclic) bond motifs is 6. The maximum Gasteiger partial charge on any atom is 0.161 e. The smallest absolute Gasteiger partial charge is 0.161 e. The summed E-state index contributed by atoms with van der Waals surface area (Å²) in [5, 5.41) is 20.3. The van der Waals surface area contributed by atoms with Gasteiger partial charge in [0.15, 0.2) is 11.5 Å². The van der Waals surface area contributed by atoms with Gasteiger partial charge in [0, 0.05) is 23.1 Å². The molecule has 1 aromatic heterocycles. The van der Waals surface area contributed by atoms with Gasteiger partial charge in [-0.15, -0.1) is 0 Å². The van der Waals surface area contributed by atoms with E-state index >= 15 is 0 Å². The average Bonchev–Trinajstić information content (AvgIpc) is 2.96. The molecule has 2 aliphatic rings. The fourth-order valence-corrected chi connectivity index (χ4v) is 3.68. The van der Waals surface area contributed by atoms with E-state index in [1.165, 1.54) is 12.1 Å². The highest BCUT2D eigenvalue weighted by molar-refractivity contribution is 5.95. The van der Waals surface area contributed by atoms with Crippen LogP contribution in [0.3, 0.4) is 0 Å². The second-order valence-electron chi connectivity index (χ2n) is 7.27. The first-order valence-electron chi connectivity index (χ1n) is 8.62. The Hall–Kier alpha value is -3.28. The zero-order valence-corrected chi connectivity index (χ0v) is 15.1. The van der Waals surface area contributed by atoms with Crippen LogP contribution in [-0.2, 0) is 6.61 Å². The average molecular weight is 366 g/mol. The molecule has 3 heterocycles. The van der Waals surface area contributed by atoms with E-state index in [1.807, 2.05) is 32.1 Å². The van der Waals surface area contributed by atoms with Crippen molar-refractivity contribution >= 4 is 17.0 Å². The van der Waals surface area contributed by atoms with Crippen molar-refractivity contribution in [3.8, 4) is 40.1 Å². The van der Waals surface area contributed by atoms with E-state index in [4.69, 9.17) is 18.6 Å². The Bertz CT molecular complexity index is 1140. The summed E-state index contributed by atoms with van der Waals surface area (Å²) in [4.78, 5) is 0. The molecule has 0 radical (unpaired) electrons. The van der Waals surface area contributed by atoms with E-state index in [1.54, 1.807) is 7.11 Å². The van der Waals surface area contributed by atoms with Crippen LogP contribution >= 0.6 is 0 Å². The molecule has 2 aliphatic heterocycles. The van der Waals surface area contributed by atoms with Gasteiger partial charge in [-0.3, -0.25) is 0 Å². The fraction of sp³-hybridized carbons (Fsp3) is 0.238. The van der Waals surface area contributed by atoms with Crippen LogP contribution in [0.1, 0.15) is 25.0 Å². The first-order chi connectivity index (χ1) is 12.9. The summed E-state index contributed by atoms with van der Waals surface area (Å²) in [5.74, 6) is 2.07. The second-order valence-corrected chi connectivity index (χ2v) is 7.27. The summed E-state index contributed by atoms with van der Waals surface area (Å²) < 4.78 is 23.8. The summed E-state index contributed by atoms with van der Waals surface area (Å²) in [7, 11) is 1.60. The highest BCUT2D eigenvalue weighted by Crippen LogP contribution is 2.53. The number of benzene rings is 2. The third-order valence-corrected chi connectivity index (χ3v) is 4.96. The Morgan fingerprint density at radius 3 is 2.63 bits per heavy atom. The minimum absolute atomic E-state index is 0.201. The number of phenolic OH excluding ortho intramolecular Hbond substituents is 2. The van der Waals surface area contributed by atoms with Crippen molar-refractivity contribution in [3.05, 3.63) is 35.4 Å². The maximum absolute atomic E-state index is 9.86. The zero-order chi connectivity index (χ0) is 18.9. The minimum Gasteiger partial charge on any atom is -0.504 e. The Balaban J connectivity index is 1.80. The van der Waals surface area contributed by atoms with Gasteiger partial charge >= 0.3 is 0 Å². The lowest BCUT2D eigenvalue weighted by Crippen LogP contribution is -2.27. The Kier molecular flexibility index (Phi) is 3.03. The number of phenols is 2. The van der Waals surface area contributed by atoms with Crippen LogP contribution in [0.2, 0.25) is 0 Å². The topological polar surface area (TPSA) is 81.3 Å². The maximum atomic E-state index is 9.86. The lowest BCUT2D eigenvalue weighted by Gasteiger charge is -2.30. The summed E-state index contributed by atoms with van der Waals surface area (Å²) in [6.07, 6.45) is 3.95. The Morgan fingerprint density at radius 1 is 1.07 bits per heavy atom. The molecule has 0 bridgehead atoms. The lowest BCUT2D eigenvalue weighted by molar-refractivity contribution is 0.157. The third-order valence-electron chi connectivity index (χ3n) is 4.96. The summed E-state index contributed by atoms with van der Waals surface area (Å²) in [6, 6.07) is 4.74. The van der Waals surface area contributed by atoms with Crippen LogP contribution in [0.25, 0.3) is 28.4 Å². The minimum atomic E-state index is -0.416. The van der Waals surface area contributed by atoms with Crippen molar-refractivity contribution in [2.45, 2.75) is 26.1 Å². The standard InChI is InChI=1S/C21H18O6/c1-21(2)5-4-10-16(27-21)8-17-18(19(10)24-3)20-12(9-25-17)11-6-13(22)14(23)7-15(11)26-20/h4-8,22-23H,9H2,1-3H3. The van der Waals surface area contributed by atoms with Crippen molar-refractivity contribution < 1.29 is 28.8 Å². The van der Waals surface area contributed by atoms with Gasteiger partial charge in [-0.25, -0.2) is 0 Å². The molecule has 5 rings (SSSR count). The van der Waals surface area contributed by atoms with Crippen LogP contribution in [0.15, 0.2) is 28.7 Å². The van der Waals surface area contributed by atoms with Crippen LogP contribution in [-0.4, -0.2) is 22.9 Å². The molecule has 2 N–H and O–H groups in total. The summed E-state index contributed by atoms with van der Waals surface area (Å²) in [6.45, 7) is 4.24. The first kappa shape index (κ1) is 15.9. The molecule has 0 saturated heterocycles.